The zero-order chi connectivity index (χ0) is 11.3. The molecule has 0 saturated heterocycles. The van der Waals surface area contributed by atoms with E-state index in [2.05, 4.69) is 36.6 Å². The Morgan fingerprint density at radius 3 is 2.73 bits per heavy atom. The largest absolute Gasteiger partial charge is 0.370 e. The van der Waals surface area contributed by atoms with Crippen molar-refractivity contribution in [3.8, 4) is 0 Å². The van der Waals surface area contributed by atoms with E-state index in [1.54, 1.807) is 0 Å². The van der Waals surface area contributed by atoms with Gasteiger partial charge in [-0.25, -0.2) is 15.8 Å². The fourth-order valence-corrected chi connectivity index (χ4v) is 1.36. The standard InChI is InChI=1S/C7H11BrN6O/c8-5-6(11-2-1-4(9)15)12-3-13-7(5)14-10/h3H,1-2,10H2,(H2,9,15)(H2,11,12,13,14). The minimum absolute atomic E-state index is 0.238. The summed E-state index contributed by atoms with van der Waals surface area (Å²) in [5.41, 5.74) is 7.40. The highest BCUT2D eigenvalue weighted by Crippen LogP contribution is 2.25. The highest BCUT2D eigenvalue weighted by atomic mass is 79.9. The van der Waals surface area contributed by atoms with Crippen LogP contribution < -0.4 is 22.3 Å². The van der Waals surface area contributed by atoms with Gasteiger partial charge in [-0.3, -0.25) is 4.79 Å². The Labute approximate surface area is 94.7 Å². The number of hydrazine groups is 1. The van der Waals surface area contributed by atoms with Crippen LogP contribution in [-0.4, -0.2) is 22.4 Å². The fraction of sp³-hybridized carbons (Fsp3) is 0.286. The van der Waals surface area contributed by atoms with Gasteiger partial charge in [0.15, 0.2) is 5.82 Å². The molecular weight excluding hydrogens is 264 g/mol. The van der Waals surface area contributed by atoms with Crippen molar-refractivity contribution < 1.29 is 4.79 Å². The molecule has 1 rings (SSSR count). The van der Waals surface area contributed by atoms with Crippen molar-refractivity contribution in [2.24, 2.45) is 11.6 Å². The van der Waals surface area contributed by atoms with Crippen LogP contribution in [0.4, 0.5) is 11.6 Å². The molecule has 0 bridgehead atoms. The number of amides is 1. The molecule has 0 unspecified atom stereocenters. The van der Waals surface area contributed by atoms with Crippen molar-refractivity contribution in [3.63, 3.8) is 0 Å². The van der Waals surface area contributed by atoms with Crippen LogP contribution in [0.3, 0.4) is 0 Å². The fourth-order valence-electron chi connectivity index (χ4n) is 0.898. The highest BCUT2D eigenvalue weighted by Gasteiger charge is 2.06. The van der Waals surface area contributed by atoms with Crippen molar-refractivity contribution >= 4 is 33.5 Å². The van der Waals surface area contributed by atoms with Crippen LogP contribution in [-0.2, 0) is 4.79 Å². The maximum Gasteiger partial charge on any atom is 0.219 e. The summed E-state index contributed by atoms with van der Waals surface area (Å²) < 4.78 is 0.608. The van der Waals surface area contributed by atoms with Crippen LogP contribution in [0.1, 0.15) is 6.42 Å². The third-order valence-electron chi connectivity index (χ3n) is 1.59. The number of nitrogens with one attached hydrogen (secondary N) is 2. The molecule has 15 heavy (non-hydrogen) atoms. The lowest BCUT2D eigenvalue weighted by Gasteiger charge is -2.08. The lowest BCUT2D eigenvalue weighted by molar-refractivity contribution is -0.117. The van der Waals surface area contributed by atoms with Crippen LogP contribution in [0.15, 0.2) is 10.8 Å². The molecule has 1 amide bonds. The number of nitrogens with zero attached hydrogens (tertiary/aromatic N) is 2. The van der Waals surface area contributed by atoms with Gasteiger partial charge in [0.1, 0.15) is 16.6 Å². The average Bonchev–Trinajstić information content (AvgIpc) is 2.20. The Balaban J connectivity index is 2.64. The van der Waals surface area contributed by atoms with E-state index in [1.165, 1.54) is 6.33 Å². The number of carbonyl (C=O) groups excluding carboxylic acids is 1. The maximum absolute atomic E-state index is 10.5. The Morgan fingerprint density at radius 1 is 1.47 bits per heavy atom. The van der Waals surface area contributed by atoms with Crippen LogP contribution in [0.2, 0.25) is 0 Å². The SMILES string of the molecule is NNc1ncnc(NCCC(N)=O)c1Br. The van der Waals surface area contributed by atoms with E-state index in [4.69, 9.17) is 11.6 Å². The smallest absolute Gasteiger partial charge is 0.219 e. The number of carbonyl (C=O) groups is 1. The molecule has 0 aliphatic carbocycles. The molecule has 8 heteroatoms. The topological polar surface area (TPSA) is 119 Å². The zero-order valence-electron chi connectivity index (χ0n) is 7.83. The number of halogens is 1. The van der Waals surface area contributed by atoms with E-state index in [0.29, 0.717) is 22.7 Å². The minimum atomic E-state index is -0.371. The van der Waals surface area contributed by atoms with Gasteiger partial charge in [0.05, 0.1) is 0 Å². The molecule has 7 nitrogen and oxygen atoms in total. The molecule has 0 spiro atoms. The molecule has 0 fully saturated rings. The van der Waals surface area contributed by atoms with E-state index < -0.39 is 0 Å². The lowest BCUT2D eigenvalue weighted by Crippen LogP contribution is -2.17. The van der Waals surface area contributed by atoms with E-state index in [0.717, 1.165) is 0 Å². The van der Waals surface area contributed by atoms with Crippen molar-refractivity contribution in [2.75, 3.05) is 17.3 Å². The molecule has 82 valence electrons. The Morgan fingerprint density at radius 2 is 2.13 bits per heavy atom. The van der Waals surface area contributed by atoms with Crippen LogP contribution in [0, 0.1) is 0 Å². The number of primary amides is 1. The van der Waals surface area contributed by atoms with Gasteiger partial charge in [-0.15, -0.1) is 0 Å². The molecule has 6 N–H and O–H groups in total. The first-order valence-corrected chi connectivity index (χ1v) is 4.93. The second kappa shape index (κ2) is 5.47. The van der Waals surface area contributed by atoms with Gasteiger partial charge in [-0.2, -0.15) is 0 Å². The number of aromatic nitrogens is 2. The molecule has 0 atom stereocenters. The summed E-state index contributed by atoms with van der Waals surface area (Å²) in [4.78, 5) is 18.3. The summed E-state index contributed by atoms with van der Waals surface area (Å²) in [5, 5.41) is 2.92. The minimum Gasteiger partial charge on any atom is -0.370 e. The van der Waals surface area contributed by atoms with Crippen LogP contribution in [0.25, 0.3) is 0 Å². The molecule has 0 aromatic carbocycles. The molecule has 0 radical (unpaired) electrons. The molecule has 1 heterocycles. The van der Waals surface area contributed by atoms with Crippen LogP contribution >= 0.6 is 15.9 Å². The highest BCUT2D eigenvalue weighted by molar-refractivity contribution is 9.10. The first-order valence-electron chi connectivity index (χ1n) is 4.14. The van der Waals surface area contributed by atoms with Gasteiger partial charge < -0.3 is 16.5 Å². The first-order chi connectivity index (χ1) is 7.15. The van der Waals surface area contributed by atoms with Gasteiger partial charge in [-0.1, -0.05) is 0 Å². The van der Waals surface area contributed by atoms with Gasteiger partial charge in [0.2, 0.25) is 5.91 Å². The molecule has 1 aromatic rings. The van der Waals surface area contributed by atoms with Gasteiger partial charge >= 0.3 is 0 Å². The quantitative estimate of drug-likeness (QED) is 0.437. The third-order valence-corrected chi connectivity index (χ3v) is 2.34. The van der Waals surface area contributed by atoms with Gasteiger partial charge in [0.25, 0.3) is 0 Å². The molecule has 1 aromatic heterocycles. The predicted octanol–water partition coefficient (Wildman–Crippen LogP) is -0.188. The normalized spacial score (nSPS) is 9.73. The molecule has 0 aliphatic rings. The van der Waals surface area contributed by atoms with E-state index in [-0.39, 0.29) is 12.3 Å². The van der Waals surface area contributed by atoms with Gasteiger partial charge in [0, 0.05) is 13.0 Å². The number of nitrogen functional groups attached to an aromatic ring is 1. The van der Waals surface area contributed by atoms with E-state index >= 15 is 0 Å². The second-order valence-electron chi connectivity index (χ2n) is 2.67. The van der Waals surface area contributed by atoms with E-state index in [1.807, 2.05) is 0 Å². The van der Waals surface area contributed by atoms with Crippen LogP contribution in [0.5, 0.6) is 0 Å². The van der Waals surface area contributed by atoms with Crippen molar-refractivity contribution in [3.05, 3.63) is 10.8 Å². The third kappa shape index (κ3) is 3.33. The number of nitrogens with two attached hydrogens (primary N) is 2. The zero-order valence-corrected chi connectivity index (χ0v) is 9.41. The average molecular weight is 275 g/mol. The summed E-state index contributed by atoms with van der Waals surface area (Å²) in [7, 11) is 0. The summed E-state index contributed by atoms with van der Waals surface area (Å²) in [6, 6.07) is 0. The number of hydrogen-bond donors (Lipinski definition) is 4. The first kappa shape index (κ1) is 11.7. The summed E-state index contributed by atoms with van der Waals surface area (Å²) >= 11 is 3.26. The monoisotopic (exact) mass is 274 g/mol. The molecule has 0 saturated carbocycles. The number of anilines is 2. The summed E-state index contributed by atoms with van der Waals surface area (Å²) in [6.45, 7) is 0.412. The van der Waals surface area contributed by atoms with Gasteiger partial charge in [-0.05, 0) is 15.9 Å². The number of hydrogen-bond acceptors (Lipinski definition) is 6. The van der Waals surface area contributed by atoms with Crippen molar-refractivity contribution in [2.45, 2.75) is 6.42 Å². The van der Waals surface area contributed by atoms with Crippen molar-refractivity contribution in [1.82, 2.24) is 9.97 Å². The van der Waals surface area contributed by atoms with E-state index in [9.17, 15) is 4.79 Å². The molecular formula is C7H11BrN6O. The maximum atomic E-state index is 10.5. The Kier molecular flexibility index (Phi) is 4.25. The Hall–Kier alpha value is -1.41. The predicted molar refractivity (Wildman–Crippen MR) is 59.8 cm³/mol. The lowest BCUT2D eigenvalue weighted by atomic mass is 10.4. The number of rotatable bonds is 5. The molecule has 0 aliphatic heterocycles. The van der Waals surface area contributed by atoms with Crippen molar-refractivity contribution in [1.29, 1.82) is 0 Å². The second-order valence-corrected chi connectivity index (χ2v) is 3.47. The summed E-state index contributed by atoms with van der Waals surface area (Å²) in [5.74, 6) is 5.87. The summed E-state index contributed by atoms with van der Waals surface area (Å²) in [6.07, 6.45) is 1.59. The Bertz CT molecular complexity index is 357.